The number of rotatable bonds is 5. The summed E-state index contributed by atoms with van der Waals surface area (Å²) in [5, 5.41) is 3.56. The van der Waals surface area contributed by atoms with Crippen molar-refractivity contribution in [1.29, 1.82) is 0 Å². The second-order valence-corrected chi connectivity index (χ2v) is 9.41. The first kappa shape index (κ1) is 18.4. The van der Waals surface area contributed by atoms with Crippen LogP contribution in [0.15, 0.2) is 29.2 Å². The van der Waals surface area contributed by atoms with Crippen LogP contribution in [0.1, 0.15) is 46.1 Å². The standard InChI is InChI=1S/C17H28N2O3S/c1-16(2)10-14(11-17(3,4)19-16)18-23(20,21)15-8-6-7-13(9-15)12-22-5/h6-9,14,18-19H,10-12H2,1-5H3. The Bertz CT molecular complexity index is 638. The molecule has 0 amide bonds. The fourth-order valence-corrected chi connectivity index (χ4v) is 4.97. The van der Waals surface area contributed by atoms with Crippen molar-refractivity contribution in [2.75, 3.05) is 7.11 Å². The molecule has 0 aromatic heterocycles. The highest BCUT2D eigenvalue weighted by atomic mass is 32.2. The summed E-state index contributed by atoms with van der Waals surface area (Å²) in [5.74, 6) is 0. The van der Waals surface area contributed by atoms with Gasteiger partial charge in [-0.05, 0) is 58.2 Å². The highest BCUT2D eigenvalue weighted by Crippen LogP contribution is 2.29. The normalized spacial score (nSPS) is 21.3. The smallest absolute Gasteiger partial charge is 0.240 e. The second-order valence-electron chi connectivity index (χ2n) is 7.70. The SMILES string of the molecule is COCc1cccc(S(=O)(=O)NC2CC(C)(C)NC(C)(C)C2)c1. The maximum absolute atomic E-state index is 12.7. The van der Waals surface area contributed by atoms with Gasteiger partial charge in [0.05, 0.1) is 11.5 Å². The molecule has 5 nitrogen and oxygen atoms in total. The molecule has 1 aliphatic heterocycles. The van der Waals surface area contributed by atoms with Crippen LogP contribution >= 0.6 is 0 Å². The zero-order chi connectivity index (χ0) is 17.3. The molecule has 23 heavy (non-hydrogen) atoms. The van der Waals surface area contributed by atoms with Gasteiger partial charge in [-0.25, -0.2) is 13.1 Å². The molecule has 0 aliphatic carbocycles. The molecule has 0 radical (unpaired) electrons. The number of hydrogen-bond donors (Lipinski definition) is 2. The highest BCUT2D eigenvalue weighted by molar-refractivity contribution is 7.89. The average Bonchev–Trinajstić information content (AvgIpc) is 2.34. The van der Waals surface area contributed by atoms with E-state index in [0.29, 0.717) is 11.5 Å². The van der Waals surface area contributed by atoms with Crippen LogP contribution in [0.2, 0.25) is 0 Å². The molecule has 1 heterocycles. The Hall–Kier alpha value is -0.950. The molecule has 0 bridgehead atoms. The topological polar surface area (TPSA) is 67.4 Å². The summed E-state index contributed by atoms with van der Waals surface area (Å²) in [5.41, 5.74) is 0.640. The van der Waals surface area contributed by atoms with Gasteiger partial charge in [0.1, 0.15) is 0 Å². The second kappa shape index (κ2) is 6.51. The van der Waals surface area contributed by atoms with Crippen molar-refractivity contribution in [2.24, 2.45) is 0 Å². The summed E-state index contributed by atoms with van der Waals surface area (Å²) < 4.78 is 33.4. The Morgan fingerprint density at radius 2 is 1.83 bits per heavy atom. The molecule has 1 aromatic rings. The number of hydrogen-bond acceptors (Lipinski definition) is 4. The molecule has 1 aromatic carbocycles. The van der Waals surface area contributed by atoms with Gasteiger partial charge in [0.2, 0.25) is 10.0 Å². The molecule has 0 spiro atoms. The van der Waals surface area contributed by atoms with E-state index in [1.807, 2.05) is 6.07 Å². The van der Waals surface area contributed by atoms with Gasteiger partial charge in [0.25, 0.3) is 0 Å². The van der Waals surface area contributed by atoms with Crippen LogP contribution in [-0.4, -0.2) is 32.6 Å². The molecule has 1 saturated heterocycles. The van der Waals surface area contributed by atoms with Crippen molar-refractivity contribution in [2.45, 2.75) is 69.2 Å². The Kier molecular flexibility index (Phi) is 5.21. The van der Waals surface area contributed by atoms with Crippen LogP contribution in [0.5, 0.6) is 0 Å². The monoisotopic (exact) mass is 340 g/mol. The van der Waals surface area contributed by atoms with Crippen molar-refractivity contribution < 1.29 is 13.2 Å². The molecular weight excluding hydrogens is 312 g/mol. The van der Waals surface area contributed by atoms with Gasteiger partial charge in [-0.3, -0.25) is 0 Å². The highest BCUT2D eigenvalue weighted by Gasteiger charge is 2.39. The third-order valence-electron chi connectivity index (χ3n) is 4.03. The number of nitrogens with one attached hydrogen (secondary N) is 2. The lowest BCUT2D eigenvalue weighted by Crippen LogP contribution is -2.62. The number of sulfonamides is 1. The summed E-state index contributed by atoms with van der Waals surface area (Å²) in [6.45, 7) is 8.82. The van der Waals surface area contributed by atoms with Gasteiger partial charge >= 0.3 is 0 Å². The summed E-state index contributed by atoms with van der Waals surface area (Å²) in [6, 6.07) is 6.82. The van der Waals surface area contributed by atoms with E-state index in [-0.39, 0.29) is 17.1 Å². The Balaban J connectivity index is 2.19. The van der Waals surface area contributed by atoms with Crippen LogP contribution in [-0.2, 0) is 21.4 Å². The van der Waals surface area contributed by atoms with Crippen molar-refractivity contribution >= 4 is 10.0 Å². The van der Waals surface area contributed by atoms with E-state index in [2.05, 4.69) is 37.7 Å². The summed E-state index contributed by atoms with van der Waals surface area (Å²) in [4.78, 5) is 0.293. The molecule has 2 N–H and O–H groups in total. The van der Waals surface area contributed by atoms with Gasteiger partial charge in [-0.15, -0.1) is 0 Å². The first-order valence-corrected chi connectivity index (χ1v) is 9.41. The Labute approximate surface area is 139 Å². The van der Waals surface area contributed by atoms with Crippen LogP contribution < -0.4 is 10.0 Å². The first-order valence-electron chi connectivity index (χ1n) is 7.93. The predicted octanol–water partition coefficient (Wildman–Crippen LogP) is 2.42. The molecule has 1 fully saturated rings. The first-order chi connectivity index (χ1) is 10.5. The van der Waals surface area contributed by atoms with Crippen LogP contribution in [0.25, 0.3) is 0 Å². The van der Waals surface area contributed by atoms with E-state index >= 15 is 0 Å². The number of benzene rings is 1. The van der Waals surface area contributed by atoms with E-state index in [0.717, 1.165) is 18.4 Å². The minimum Gasteiger partial charge on any atom is -0.380 e. The van der Waals surface area contributed by atoms with Gasteiger partial charge in [-0.2, -0.15) is 0 Å². The molecular formula is C17H28N2O3S. The number of piperidine rings is 1. The quantitative estimate of drug-likeness (QED) is 0.864. The predicted molar refractivity (Wildman–Crippen MR) is 91.8 cm³/mol. The third-order valence-corrected chi connectivity index (χ3v) is 5.55. The van der Waals surface area contributed by atoms with Gasteiger partial charge in [0.15, 0.2) is 0 Å². The fraction of sp³-hybridized carbons (Fsp3) is 0.647. The van der Waals surface area contributed by atoms with Crippen LogP contribution in [0.4, 0.5) is 0 Å². The molecule has 1 aliphatic rings. The van der Waals surface area contributed by atoms with E-state index < -0.39 is 10.0 Å². The summed E-state index contributed by atoms with van der Waals surface area (Å²) in [7, 11) is -1.94. The maximum atomic E-state index is 12.7. The molecule has 0 unspecified atom stereocenters. The third kappa shape index (κ3) is 5.01. The number of ether oxygens (including phenoxy) is 1. The molecule has 6 heteroatoms. The summed E-state index contributed by atoms with van der Waals surface area (Å²) in [6.07, 6.45) is 1.51. The maximum Gasteiger partial charge on any atom is 0.240 e. The number of methoxy groups -OCH3 is 1. The van der Waals surface area contributed by atoms with Gasteiger partial charge in [0, 0.05) is 24.2 Å². The van der Waals surface area contributed by atoms with Crippen molar-refractivity contribution in [3.8, 4) is 0 Å². The van der Waals surface area contributed by atoms with E-state index in [4.69, 9.17) is 4.74 Å². The van der Waals surface area contributed by atoms with E-state index in [9.17, 15) is 8.42 Å². The van der Waals surface area contributed by atoms with Crippen molar-refractivity contribution in [1.82, 2.24) is 10.0 Å². The Morgan fingerprint density at radius 3 is 2.39 bits per heavy atom. The minimum absolute atomic E-state index is 0.0858. The lowest BCUT2D eigenvalue weighted by molar-refractivity contribution is 0.157. The molecule has 0 saturated carbocycles. The molecule has 0 atom stereocenters. The van der Waals surface area contributed by atoms with E-state index in [1.54, 1.807) is 25.3 Å². The largest absolute Gasteiger partial charge is 0.380 e. The summed E-state index contributed by atoms with van der Waals surface area (Å²) >= 11 is 0. The lowest BCUT2D eigenvalue weighted by atomic mass is 9.80. The molecule has 130 valence electrons. The van der Waals surface area contributed by atoms with Crippen molar-refractivity contribution in [3.05, 3.63) is 29.8 Å². The zero-order valence-corrected chi connectivity index (χ0v) is 15.5. The Morgan fingerprint density at radius 1 is 1.22 bits per heavy atom. The average molecular weight is 340 g/mol. The van der Waals surface area contributed by atoms with Gasteiger partial charge in [-0.1, -0.05) is 12.1 Å². The van der Waals surface area contributed by atoms with E-state index in [1.165, 1.54) is 0 Å². The lowest BCUT2D eigenvalue weighted by Gasteiger charge is -2.46. The van der Waals surface area contributed by atoms with Gasteiger partial charge < -0.3 is 10.1 Å². The molecule has 2 rings (SSSR count). The van der Waals surface area contributed by atoms with Crippen LogP contribution in [0, 0.1) is 0 Å². The fourth-order valence-electron chi connectivity index (χ4n) is 3.66. The zero-order valence-electron chi connectivity index (χ0n) is 14.6. The van der Waals surface area contributed by atoms with Crippen LogP contribution in [0.3, 0.4) is 0 Å². The van der Waals surface area contributed by atoms with Crippen molar-refractivity contribution in [3.63, 3.8) is 0 Å². The minimum atomic E-state index is -3.53.